The van der Waals surface area contributed by atoms with E-state index in [2.05, 4.69) is 34.4 Å². The van der Waals surface area contributed by atoms with Crippen molar-refractivity contribution in [2.45, 2.75) is 45.6 Å². The van der Waals surface area contributed by atoms with Crippen LogP contribution in [-0.2, 0) is 0 Å². The molecule has 3 rings (SSSR count). The molecular weight excluding hydrogens is 278 g/mol. The molecule has 22 heavy (non-hydrogen) atoms. The SMILES string of the molecule is CNc1cn2c(C)cnc(C(=O)NC(C)(C)C3CCC3)c2n1. The normalized spacial score (nSPS) is 15.6. The summed E-state index contributed by atoms with van der Waals surface area (Å²) in [6, 6.07) is 0. The van der Waals surface area contributed by atoms with Gasteiger partial charge in [0.05, 0.1) is 6.20 Å². The molecule has 118 valence electrons. The van der Waals surface area contributed by atoms with Crippen LogP contribution in [0.2, 0.25) is 0 Å². The van der Waals surface area contributed by atoms with Gasteiger partial charge in [0.1, 0.15) is 5.82 Å². The molecule has 6 nitrogen and oxygen atoms in total. The first-order chi connectivity index (χ1) is 10.4. The Morgan fingerprint density at radius 2 is 2.14 bits per heavy atom. The number of nitrogens with one attached hydrogen (secondary N) is 2. The fourth-order valence-electron chi connectivity index (χ4n) is 2.96. The molecule has 0 bridgehead atoms. The summed E-state index contributed by atoms with van der Waals surface area (Å²) in [6.45, 7) is 6.12. The number of fused-ring (bicyclic) bond motifs is 1. The van der Waals surface area contributed by atoms with Crippen LogP contribution in [0.25, 0.3) is 5.65 Å². The van der Waals surface area contributed by atoms with Crippen LogP contribution in [0.5, 0.6) is 0 Å². The lowest BCUT2D eigenvalue weighted by molar-refractivity contribution is 0.0822. The summed E-state index contributed by atoms with van der Waals surface area (Å²) >= 11 is 0. The summed E-state index contributed by atoms with van der Waals surface area (Å²) in [5, 5.41) is 6.14. The van der Waals surface area contributed by atoms with E-state index in [9.17, 15) is 4.79 Å². The summed E-state index contributed by atoms with van der Waals surface area (Å²) in [6.07, 6.45) is 7.19. The van der Waals surface area contributed by atoms with Crippen LogP contribution in [-0.4, -0.2) is 32.9 Å². The Bertz CT molecular complexity index is 715. The molecule has 0 spiro atoms. The Hall–Kier alpha value is -2.11. The van der Waals surface area contributed by atoms with Gasteiger partial charge in [-0.3, -0.25) is 9.20 Å². The number of rotatable bonds is 4. The number of aromatic nitrogens is 3. The topological polar surface area (TPSA) is 71.3 Å². The van der Waals surface area contributed by atoms with Crippen molar-refractivity contribution in [3.63, 3.8) is 0 Å². The molecule has 2 heterocycles. The number of hydrogen-bond donors (Lipinski definition) is 2. The van der Waals surface area contributed by atoms with E-state index in [1.54, 1.807) is 6.20 Å². The number of imidazole rings is 1. The molecule has 0 atom stereocenters. The Kier molecular flexibility index (Phi) is 3.54. The fourth-order valence-corrected chi connectivity index (χ4v) is 2.96. The smallest absolute Gasteiger partial charge is 0.274 e. The molecule has 1 aliphatic carbocycles. The van der Waals surface area contributed by atoms with Gasteiger partial charge in [-0.2, -0.15) is 0 Å². The van der Waals surface area contributed by atoms with Gasteiger partial charge >= 0.3 is 0 Å². The van der Waals surface area contributed by atoms with Gasteiger partial charge in [0, 0.05) is 24.5 Å². The van der Waals surface area contributed by atoms with Crippen LogP contribution in [0.15, 0.2) is 12.4 Å². The molecule has 0 saturated heterocycles. The molecule has 1 aliphatic rings. The maximum atomic E-state index is 12.7. The van der Waals surface area contributed by atoms with Crippen LogP contribution < -0.4 is 10.6 Å². The monoisotopic (exact) mass is 301 g/mol. The molecule has 0 unspecified atom stereocenters. The molecule has 6 heteroatoms. The second-order valence-corrected chi connectivity index (χ2v) is 6.62. The molecule has 2 aromatic rings. The quantitative estimate of drug-likeness (QED) is 0.909. The number of nitrogens with zero attached hydrogens (tertiary/aromatic N) is 3. The summed E-state index contributed by atoms with van der Waals surface area (Å²) in [5.41, 5.74) is 1.70. The standard InChI is InChI=1S/C16H23N5O/c1-10-8-18-13(14-19-12(17-4)9-21(10)14)15(22)20-16(2,3)11-6-5-7-11/h8-9,11,17H,5-7H2,1-4H3,(H,20,22). The lowest BCUT2D eigenvalue weighted by Crippen LogP contribution is -2.51. The predicted octanol–water partition coefficient (Wildman–Crippen LogP) is 2.39. The highest BCUT2D eigenvalue weighted by Crippen LogP contribution is 2.35. The third-order valence-electron chi connectivity index (χ3n) is 4.71. The number of amides is 1. The van der Waals surface area contributed by atoms with E-state index >= 15 is 0 Å². The number of anilines is 1. The number of carbonyl (C=O) groups excluding carboxylic acids is 1. The predicted molar refractivity (Wildman–Crippen MR) is 86.2 cm³/mol. The zero-order valence-electron chi connectivity index (χ0n) is 13.6. The highest BCUT2D eigenvalue weighted by Gasteiger charge is 2.35. The van der Waals surface area contributed by atoms with Crippen molar-refractivity contribution in [3.8, 4) is 0 Å². The number of aryl methyl sites for hydroxylation is 1. The maximum Gasteiger partial charge on any atom is 0.274 e. The first kappa shape index (κ1) is 14.8. The molecular formula is C16H23N5O. The lowest BCUT2D eigenvalue weighted by Gasteiger charge is -2.40. The summed E-state index contributed by atoms with van der Waals surface area (Å²) < 4.78 is 1.89. The number of carbonyl (C=O) groups is 1. The molecule has 2 N–H and O–H groups in total. The first-order valence-corrected chi connectivity index (χ1v) is 7.77. The van der Waals surface area contributed by atoms with E-state index in [0.717, 1.165) is 11.5 Å². The highest BCUT2D eigenvalue weighted by molar-refractivity contribution is 5.98. The van der Waals surface area contributed by atoms with E-state index in [0.29, 0.717) is 17.3 Å². The third kappa shape index (κ3) is 2.42. The minimum absolute atomic E-state index is 0.157. The van der Waals surface area contributed by atoms with Crippen LogP contribution in [0.1, 0.15) is 49.3 Å². The van der Waals surface area contributed by atoms with Crippen LogP contribution >= 0.6 is 0 Å². The highest BCUT2D eigenvalue weighted by atomic mass is 16.2. The van der Waals surface area contributed by atoms with Gasteiger partial charge in [-0.1, -0.05) is 6.42 Å². The molecule has 2 aromatic heterocycles. The summed E-state index contributed by atoms with van der Waals surface area (Å²) in [7, 11) is 1.81. The van der Waals surface area contributed by atoms with Gasteiger partial charge in [-0.05, 0) is 39.5 Å². The third-order valence-corrected chi connectivity index (χ3v) is 4.71. The number of hydrogen-bond acceptors (Lipinski definition) is 4. The van der Waals surface area contributed by atoms with Gasteiger partial charge < -0.3 is 10.6 Å². The molecule has 0 aromatic carbocycles. The van der Waals surface area contributed by atoms with Gasteiger partial charge in [-0.15, -0.1) is 0 Å². The first-order valence-electron chi connectivity index (χ1n) is 7.77. The second kappa shape index (κ2) is 5.26. The summed E-state index contributed by atoms with van der Waals surface area (Å²) in [4.78, 5) is 21.4. The molecule has 1 fully saturated rings. The minimum Gasteiger partial charge on any atom is -0.372 e. The molecule has 1 amide bonds. The molecule has 0 aliphatic heterocycles. The van der Waals surface area contributed by atoms with Gasteiger partial charge in [0.2, 0.25) is 0 Å². The van der Waals surface area contributed by atoms with Crippen molar-refractivity contribution in [1.82, 2.24) is 19.7 Å². The maximum absolute atomic E-state index is 12.7. The van der Waals surface area contributed by atoms with Crippen molar-refractivity contribution >= 4 is 17.4 Å². The minimum atomic E-state index is -0.211. The Morgan fingerprint density at radius 3 is 2.73 bits per heavy atom. The van der Waals surface area contributed by atoms with E-state index in [-0.39, 0.29) is 11.4 Å². The Balaban J connectivity index is 1.93. The van der Waals surface area contributed by atoms with Crippen LogP contribution in [0.4, 0.5) is 5.82 Å². The van der Waals surface area contributed by atoms with E-state index in [1.807, 2.05) is 24.6 Å². The fraction of sp³-hybridized carbons (Fsp3) is 0.562. The van der Waals surface area contributed by atoms with Crippen molar-refractivity contribution in [2.75, 3.05) is 12.4 Å². The zero-order chi connectivity index (χ0) is 15.9. The largest absolute Gasteiger partial charge is 0.372 e. The van der Waals surface area contributed by atoms with Crippen LogP contribution in [0.3, 0.4) is 0 Å². The van der Waals surface area contributed by atoms with Gasteiger partial charge in [0.15, 0.2) is 11.3 Å². The Labute approximate surface area is 130 Å². The molecule has 1 saturated carbocycles. The second-order valence-electron chi connectivity index (χ2n) is 6.62. The van der Waals surface area contributed by atoms with Gasteiger partial charge in [0.25, 0.3) is 5.91 Å². The zero-order valence-corrected chi connectivity index (χ0v) is 13.6. The van der Waals surface area contributed by atoms with Crippen molar-refractivity contribution in [1.29, 1.82) is 0 Å². The molecule has 0 radical (unpaired) electrons. The van der Waals surface area contributed by atoms with Crippen molar-refractivity contribution in [3.05, 3.63) is 23.8 Å². The Morgan fingerprint density at radius 1 is 1.41 bits per heavy atom. The van der Waals surface area contributed by atoms with E-state index in [1.165, 1.54) is 19.3 Å². The van der Waals surface area contributed by atoms with Gasteiger partial charge in [-0.25, -0.2) is 9.97 Å². The average Bonchev–Trinajstić information content (AvgIpc) is 2.80. The van der Waals surface area contributed by atoms with E-state index < -0.39 is 0 Å². The summed E-state index contributed by atoms with van der Waals surface area (Å²) in [5.74, 6) is 1.11. The van der Waals surface area contributed by atoms with Crippen molar-refractivity contribution < 1.29 is 4.79 Å². The average molecular weight is 301 g/mol. The van der Waals surface area contributed by atoms with Crippen LogP contribution in [0, 0.1) is 12.8 Å². The lowest BCUT2D eigenvalue weighted by atomic mass is 9.72. The van der Waals surface area contributed by atoms with E-state index in [4.69, 9.17) is 0 Å². The van der Waals surface area contributed by atoms with Crippen molar-refractivity contribution in [2.24, 2.45) is 5.92 Å².